The standard InChI is InChI=1S/C23H32N4O2/c1-5-26-14-19-23(25-22(24-19)16(2)3)27(15-26)13-17-10-11-20(28-4)21(12-17)29-18-8-6-7-9-18/h10-12,14,16,18H,5-9,13,15H2,1-4H3. The van der Waals surface area contributed by atoms with Crippen LogP contribution in [0.2, 0.25) is 0 Å². The summed E-state index contributed by atoms with van der Waals surface area (Å²) < 4.78 is 11.8. The van der Waals surface area contributed by atoms with Crippen molar-refractivity contribution < 1.29 is 9.47 Å². The molecule has 0 N–H and O–H groups in total. The van der Waals surface area contributed by atoms with Gasteiger partial charge in [-0.2, -0.15) is 0 Å². The van der Waals surface area contributed by atoms with E-state index in [1.54, 1.807) is 7.11 Å². The number of methoxy groups -OCH3 is 1. The molecule has 0 unspecified atom stereocenters. The molecule has 0 spiro atoms. The Labute approximate surface area is 173 Å². The average Bonchev–Trinajstić information content (AvgIpc) is 3.38. The summed E-state index contributed by atoms with van der Waals surface area (Å²) in [6, 6.07) is 6.27. The lowest BCUT2D eigenvalue weighted by Crippen LogP contribution is -2.43. The van der Waals surface area contributed by atoms with Crippen LogP contribution in [0.15, 0.2) is 40.1 Å². The van der Waals surface area contributed by atoms with Crippen molar-refractivity contribution >= 4 is 11.7 Å². The summed E-state index contributed by atoms with van der Waals surface area (Å²) in [5.74, 6) is 3.86. The minimum atomic E-state index is 0.306. The van der Waals surface area contributed by atoms with E-state index in [4.69, 9.17) is 19.5 Å². The molecule has 0 radical (unpaired) electrons. The molecule has 2 aliphatic heterocycles. The van der Waals surface area contributed by atoms with Crippen molar-refractivity contribution in [1.29, 1.82) is 0 Å². The number of fused-ring (bicyclic) bond motifs is 1. The van der Waals surface area contributed by atoms with Gasteiger partial charge in [0.1, 0.15) is 11.5 Å². The number of benzene rings is 1. The van der Waals surface area contributed by atoms with Crippen molar-refractivity contribution in [3.8, 4) is 11.5 Å². The fourth-order valence-electron chi connectivity index (χ4n) is 4.08. The predicted molar refractivity (Wildman–Crippen MR) is 116 cm³/mol. The van der Waals surface area contributed by atoms with E-state index >= 15 is 0 Å². The summed E-state index contributed by atoms with van der Waals surface area (Å²) in [6.45, 7) is 8.96. The van der Waals surface area contributed by atoms with E-state index in [1.165, 1.54) is 18.4 Å². The molecule has 0 saturated heterocycles. The van der Waals surface area contributed by atoms with Crippen LogP contribution in [0.25, 0.3) is 0 Å². The molecule has 1 saturated carbocycles. The molecule has 6 heteroatoms. The van der Waals surface area contributed by atoms with Gasteiger partial charge in [0.15, 0.2) is 17.3 Å². The van der Waals surface area contributed by atoms with E-state index in [1.807, 2.05) is 6.07 Å². The van der Waals surface area contributed by atoms with Gasteiger partial charge in [-0.1, -0.05) is 19.9 Å². The Hall–Kier alpha value is -2.50. The number of ether oxygens (including phenoxy) is 2. The van der Waals surface area contributed by atoms with Gasteiger partial charge in [0.2, 0.25) is 0 Å². The molecule has 1 fully saturated rings. The van der Waals surface area contributed by atoms with E-state index in [-0.39, 0.29) is 0 Å². The molecule has 0 atom stereocenters. The van der Waals surface area contributed by atoms with Crippen LogP contribution < -0.4 is 9.47 Å². The highest BCUT2D eigenvalue weighted by atomic mass is 16.5. The molecule has 4 rings (SSSR count). The molecule has 2 heterocycles. The maximum absolute atomic E-state index is 6.29. The summed E-state index contributed by atoms with van der Waals surface area (Å²) in [5.41, 5.74) is 2.16. The zero-order valence-corrected chi connectivity index (χ0v) is 18.0. The van der Waals surface area contributed by atoms with Crippen molar-refractivity contribution in [2.45, 2.75) is 59.1 Å². The Bertz CT molecular complexity index is 837. The highest BCUT2D eigenvalue weighted by Gasteiger charge is 2.29. The van der Waals surface area contributed by atoms with Crippen LogP contribution in [0.4, 0.5) is 0 Å². The molecule has 6 nitrogen and oxygen atoms in total. The third-order valence-corrected chi connectivity index (χ3v) is 5.76. The lowest BCUT2D eigenvalue weighted by molar-refractivity contribution is 0.200. The molecule has 3 aliphatic rings. The zero-order valence-electron chi connectivity index (χ0n) is 18.0. The monoisotopic (exact) mass is 396 g/mol. The molecule has 1 aliphatic carbocycles. The summed E-state index contributed by atoms with van der Waals surface area (Å²) in [7, 11) is 1.70. The minimum absolute atomic E-state index is 0.306. The highest BCUT2D eigenvalue weighted by molar-refractivity contribution is 6.12. The van der Waals surface area contributed by atoms with Crippen molar-refractivity contribution in [3.63, 3.8) is 0 Å². The summed E-state index contributed by atoms with van der Waals surface area (Å²) in [4.78, 5) is 14.2. The Balaban J connectivity index is 1.56. The Morgan fingerprint density at radius 1 is 1.14 bits per heavy atom. The van der Waals surface area contributed by atoms with Crippen LogP contribution in [0, 0.1) is 5.92 Å². The summed E-state index contributed by atoms with van der Waals surface area (Å²) >= 11 is 0. The lowest BCUT2D eigenvalue weighted by atomic mass is 10.1. The molecular weight excluding hydrogens is 364 g/mol. The van der Waals surface area contributed by atoms with Crippen LogP contribution in [0.3, 0.4) is 0 Å². The molecule has 29 heavy (non-hydrogen) atoms. The number of amidine groups is 2. The van der Waals surface area contributed by atoms with Crippen molar-refractivity contribution in [3.05, 3.63) is 35.7 Å². The van der Waals surface area contributed by atoms with Gasteiger partial charge in [-0.05, 0) is 50.3 Å². The number of hydrogen-bond acceptors (Lipinski definition) is 6. The maximum Gasteiger partial charge on any atom is 0.161 e. The third kappa shape index (κ3) is 4.26. The van der Waals surface area contributed by atoms with Crippen LogP contribution in [0.1, 0.15) is 52.0 Å². The number of hydrogen-bond donors (Lipinski definition) is 0. The van der Waals surface area contributed by atoms with E-state index < -0.39 is 0 Å². The van der Waals surface area contributed by atoms with Crippen LogP contribution in [-0.4, -0.2) is 47.9 Å². The summed E-state index contributed by atoms with van der Waals surface area (Å²) in [6.07, 6.45) is 7.20. The SMILES string of the molecule is CCN1C=C2N=C(C(C)C)N=C2N(Cc2ccc(OC)c(OC3CCCC3)c2)C1. The topological polar surface area (TPSA) is 49.7 Å². The van der Waals surface area contributed by atoms with Gasteiger partial charge in [0.05, 0.1) is 19.9 Å². The first-order valence-electron chi connectivity index (χ1n) is 10.8. The second-order valence-corrected chi connectivity index (χ2v) is 8.33. The third-order valence-electron chi connectivity index (χ3n) is 5.76. The Kier molecular flexibility index (Phi) is 5.79. The molecular formula is C23H32N4O2. The first-order chi connectivity index (χ1) is 14.1. The van der Waals surface area contributed by atoms with E-state index in [9.17, 15) is 0 Å². The molecule has 1 aromatic carbocycles. The van der Waals surface area contributed by atoms with Gasteiger partial charge >= 0.3 is 0 Å². The van der Waals surface area contributed by atoms with Crippen LogP contribution in [0.5, 0.6) is 11.5 Å². The zero-order chi connectivity index (χ0) is 20.4. The molecule has 0 aromatic heterocycles. The molecule has 1 aromatic rings. The van der Waals surface area contributed by atoms with E-state index in [0.717, 1.165) is 61.5 Å². The highest BCUT2D eigenvalue weighted by Crippen LogP contribution is 2.33. The fourth-order valence-corrected chi connectivity index (χ4v) is 4.08. The van der Waals surface area contributed by atoms with Crippen LogP contribution >= 0.6 is 0 Å². The molecule has 0 amide bonds. The van der Waals surface area contributed by atoms with Gasteiger partial charge in [0.25, 0.3) is 0 Å². The smallest absolute Gasteiger partial charge is 0.161 e. The quantitative estimate of drug-likeness (QED) is 0.685. The van der Waals surface area contributed by atoms with Gasteiger partial charge < -0.3 is 19.3 Å². The lowest BCUT2D eigenvalue weighted by Gasteiger charge is -2.35. The maximum atomic E-state index is 6.29. The number of rotatable bonds is 7. The number of nitrogens with zero attached hydrogens (tertiary/aromatic N) is 4. The molecule has 0 bridgehead atoms. The van der Waals surface area contributed by atoms with Crippen molar-refractivity contribution in [2.75, 3.05) is 20.3 Å². The largest absolute Gasteiger partial charge is 0.493 e. The average molecular weight is 397 g/mol. The second-order valence-electron chi connectivity index (χ2n) is 8.33. The van der Waals surface area contributed by atoms with Crippen molar-refractivity contribution in [2.24, 2.45) is 15.9 Å². The van der Waals surface area contributed by atoms with Crippen molar-refractivity contribution in [1.82, 2.24) is 9.80 Å². The molecule has 156 valence electrons. The van der Waals surface area contributed by atoms with E-state index in [2.05, 4.69) is 48.9 Å². The first kappa shape index (κ1) is 19.8. The normalized spacial score (nSPS) is 19.3. The number of aliphatic imine (C=N–C) groups is 2. The van der Waals surface area contributed by atoms with E-state index in [0.29, 0.717) is 12.0 Å². The first-order valence-corrected chi connectivity index (χ1v) is 10.8. The predicted octanol–water partition coefficient (Wildman–Crippen LogP) is 4.42. The second kappa shape index (κ2) is 8.47. The van der Waals surface area contributed by atoms with Gasteiger partial charge in [-0.25, -0.2) is 9.98 Å². The fraction of sp³-hybridized carbons (Fsp3) is 0.565. The van der Waals surface area contributed by atoms with Gasteiger partial charge in [-0.3, -0.25) is 0 Å². The van der Waals surface area contributed by atoms with Crippen LogP contribution in [-0.2, 0) is 6.54 Å². The van der Waals surface area contributed by atoms with Gasteiger partial charge in [-0.15, -0.1) is 0 Å². The minimum Gasteiger partial charge on any atom is -0.493 e. The summed E-state index contributed by atoms with van der Waals surface area (Å²) in [5, 5.41) is 0. The van der Waals surface area contributed by atoms with Gasteiger partial charge in [0, 0.05) is 25.2 Å². The Morgan fingerprint density at radius 2 is 1.93 bits per heavy atom. The Morgan fingerprint density at radius 3 is 2.62 bits per heavy atom.